The fraction of sp³-hybridized carbons (Fsp3) is 1.00. The van der Waals surface area contributed by atoms with Crippen molar-refractivity contribution in [1.29, 1.82) is 0 Å². The first-order valence-electron chi connectivity index (χ1n) is 6.86. The van der Waals surface area contributed by atoms with Gasteiger partial charge in [0.2, 0.25) is 0 Å². The van der Waals surface area contributed by atoms with Gasteiger partial charge in [-0.1, -0.05) is 33.6 Å². The molecule has 2 atom stereocenters. The van der Waals surface area contributed by atoms with Crippen molar-refractivity contribution >= 4 is 0 Å². The van der Waals surface area contributed by atoms with Crippen LogP contribution in [0.25, 0.3) is 0 Å². The first-order chi connectivity index (χ1) is 7.58. The number of ether oxygens (including phenoxy) is 1. The van der Waals surface area contributed by atoms with E-state index >= 15 is 0 Å². The fourth-order valence-electron chi connectivity index (χ4n) is 2.89. The van der Waals surface area contributed by atoms with Crippen molar-refractivity contribution in [3.05, 3.63) is 0 Å². The van der Waals surface area contributed by atoms with Gasteiger partial charge in [-0.15, -0.1) is 0 Å². The molecule has 1 saturated carbocycles. The first-order valence-corrected chi connectivity index (χ1v) is 6.86. The molecule has 0 aromatic heterocycles. The number of hydrogen-bond acceptors (Lipinski definition) is 2. The summed E-state index contributed by atoms with van der Waals surface area (Å²) in [6.07, 6.45) is 6.49. The van der Waals surface area contributed by atoms with E-state index in [-0.39, 0.29) is 0 Å². The lowest BCUT2D eigenvalue weighted by molar-refractivity contribution is 0.0543. The zero-order valence-corrected chi connectivity index (χ0v) is 11.3. The summed E-state index contributed by atoms with van der Waals surface area (Å²) in [5.74, 6) is 1.49. The lowest BCUT2D eigenvalue weighted by atomic mass is 9.68. The van der Waals surface area contributed by atoms with Gasteiger partial charge in [-0.2, -0.15) is 0 Å². The van der Waals surface area contributed by atoms with Crippen LogP contribution in [0.1, 0.15) is 52.9 Å². The van der Waals surface area contributed by atoms with Crippen LogP contribution < -0.4 is 5.73 Å². The van der Waals surface area contributed by atoms with E-state index < -0.39 is 0 Å². The Bertz CT molecular complexity index is 193. The molecule has 0 spiro atoms. The average molecular weight is 227 g/mol. The molecule has 16 heavy (non-hydrogen) atoms. The quantitative estimate of drug-likeness (QED) is 0.707. The van der Waals surface area contributed by atoms with Gasteiger partial charge < -0.3 is 10.5 Å². The Hall–Kier alpha value is -0.0800. The minimum absolute atomic E-state index is 0.384. The molecule has 1 rings (SSSR count). The minimum Gasteiger partial charge on any atom is -0.381 e. The normalized spacial score (nSPS) is 30.9. The molecule has 0 aliphatic heterocycles. The van der Waals surface area contributed by atoms with Crippen molar-refractivity contribution in [1.82, 2.24) is 0 Å². The van der Waals surface area contributed by atoms with E-state index in [4.69, 9.17) is 10.5 Å². The van der Waals surface area contributed by atoms with Crippen molar-refractivity contribution in [3.63, 3.8) is 0 Å². The van der Waals surface area contributed by atoms with Crippen LogP contribution in [-0.2, 0) is 4.74 Å². The standard InChI is InChI=1S/C14H29NO/c1-12(2)10-16-8-7-14(11-15)6-4-5-13(3)9-14/h12-13H,4-11,15H2,1-3H3. The monoisotopic (exact) mass is 227 g/mol. The Morgan fingerprint density at radius 1 is 1.44 bits per heavy atom. The molecule has 0 saturated heterocycles. The van der Waals surface area contributed by atoms with Crippen LogP contribution in [0.4, 0.5) is 0 Å². The molecule has 1 aliphatic rings. The zero-order chi connectivity index (χ0) is 12.0. The van der Waals surface area contributed by atoms with Gasteiger partial charge in [-0.3, -0.25) is 0 Å². The third-order valence-electron chi connectivity index (χ3n) is 3.85. The Balaban J connectivity index is 2.29. The maximum Gasteiger partial charge on any atom is 0.0488 e. The summed E-state index contributed by atoms with van der Waals surface area (Å²) in [4.78, 5) is 0. The summed E-state index contributed by atoms with van der Waals surface area (Å²) in [5, 5.41) is 0. The van der Waals surface area contributed by atoms with Crippen molar-refractivity contribution in [2.45, 2.75) is 52.9 Å². The van der Waals surface area contributed by atoms with E-state index in [1.165, 1.54) is 25.7 Å². The number of hydrogen-bond donors (Lipinski definition) is 1. The van der Waals surface area contributed by atoms with Gasteiger partial charge in [-0.25, -0.2) is 0 Å². The van der Waals surface area contributed by atoms with Crippen LogP contribution in [0.5, 0.6) is 0 Å². The third-order valence-corrected chi connectivity index (χ3v) is 3.85. The Kier molecular flexibility index (Phi) is 5.77. The maximum absolute atomic E-state index is 5.99. The minimum atomic E-state index is 0.384. The highest BCUT2D eigenvalue weighted by molar-refractivity contribution is 4.86. The van der Waals surface area contributed by atoms with Crippen LogP contribution in [0.3, 0.4) is 0 Å². The predicted molar refractivity (Wildman–Crippen MR) is 69.4 cm³/mol. The smallest absolute Gasteiger partial charge is 0.0488 e. The van der Waals surface area contributed by atoms with Gasteiger partial charge >= 0.3 is 0 Å². The van der Waals surface area contributed by atoms with E-state index in [0.29, 0.717) is 11.3 Å². The molecule has 2 N–H and O–H groups in total. The number of nitrogens with two attached hydrogens (primary N) is 1. The summed E-state index contributed by atoms with van der Waals surface area (Å²) in [6, 6.07) is 0. The molecule has 0 bridgehead atoms. The second-order valence-electron chi connectivity index (χ2n) is 6.12. The van der Waals surface area contributed by atoms with E-state index in [9.17, 15) is 0 Å². The summed E-state index contributed by atoms with van der Waals surface area (Å²) in [5.41, 5.74) is 6.37. The lowest BCUT2D eigenvalue weighted by Gasteiger charge is -2.39. The molecule has 2 heteroatoms. The zero-order valence-electron chi connectivity index (χ0n) is 11.3. The van der Waals surface area contributed by atoms with Crippen LogP contribution in [0.15, 0.2) is 0 Å². The fourth-order valence-corrected chi connectivity index (χ4v) is 2.89. The predicted octanol–water partition coefficient (Wildman–Crippen LogP) is 3.20. The molecule has 0 amide bonds. The van der Waals surface area contributed by atoms with Gasteiger partial charge in [-0.05, 0) is 43.1 Å². The Labute approximate surface area is 101 Å². The van der Waals surface area contributed by atoms with Crippen molar-refractivity contribution in [2.75, 3.05) is 19.8 Å². The largest absolute Gasteiger partial charge is 0.381 e. The summed E-state index contributed by atoms with van der Waals surface area (Å²) >= 11 is 0. The maximum atomic E-state index is 5.99. The molecule has 96 valence electrons. The van der Waals surface area contributed by atoms with E-state index in [0.717, 1.165) is 32.1 Å². The molecule has 2 unspecified atom stereocenters. The first kappa shape index (κ1) is 14.0. The van der Waals surface area contributed by atoms with Crippen LogP contribution >= 0.6 is 0 Å². The van der Waals surface area contributed by atoms with Gasteiger partial charge in [0.05, 0.1) is 0 Å². The van der Waals surface area contributed by atoms with Crippen molar-refractivity contribution in [2.24, 2.45) is 23.0 Å². The molecule has 1 aliphatic carbocycles. The molecule has 0 radical (unpaired) electrons. The SMILES string of the molecule is CC(C)COCCC1(CN)CCCC(C)C1. The molecule has 0 aromatic carbocycles. The van der Waals surface area contributed by atoms with Crippen LogP contribution in [0, 0.1) is 17.3 Å². The molecule has 0 heterocycles. The lowest BCUT2D eigenvalue weighted by Crippen LogP contribution is -2.36. The van der Waals surface area contributed by atoms with Gasteiger partial charge in [0.1, 0.15) is 0 Å². The van der Waals surface area contributed by atoms with E-state index in [1.807, 2.05) is 0 Å². The topological polar surface area (TPSA) is 35.2 Å². The highest BCUT2D eigenvalue weighted by Crippen LogP contribution is 2.41. The molecule has 1 fully saturated rings. The second kappa shape index (κ2) is 6.61. The van der Waals surface area contributed by atoms with Gasteiger partial charge in [0.15, 0.2) is 0 Å². The average Bonchev–Trinajstić information content (AvgIpc) is 2.24. The Morgan fingerprint density at radius 2 is 2.19 bits per heavy atom. The highest BCUT2D eigenvalue weighted by atomic mass is 16.5. The van der Waals surface area contributed by atoms with Crippen molar-refractivity contribution in [3.8, 4) is 0 Å². The highest BCUT2D eigenvalue weighted by Gasteiger charge is 2.33. The molecular weight excluding hydrogens is 198 g/mol. The van der Waals surface area contributed by atoms with E-state index in [2.05, 4.69) is 20.8 Å². The summed E-state index contributed by atoms with van der Waals surface area (Å²) < 4.78 is 5.70. The van der Waals surface area contributed by atoms with Crippen LogP contribution in [-0.4, -0.2) is 19.8 Å². The van der Waals surface area contributed by atoms with Crippen molar-refractivity contribution < 1.29 is 4.74 Å². The van der Waals surface area contributed by atoms with Gasteiger partial charge in [0.25, 0.3) is 0 Å². The van der Waals surface area contributed by atoms with E-state index in [1.54, 1.807) is 0 Å². The second-order valence-corrected chi connectivity index (χ2v) is 6.12. The van der Waals surface area contributed by atoms with Gasteiger partial charge in [0, 0.05) is 13.2 Å². The molecule has 0 aromatic rings. The summed E-state index contributed by atoms with van der Waals surface area (Å²) in [7, 11) is 0. The third kappa shape index (κ3) is 4.42. The molecule has 2 nitrogen and oxygen atoms in total. The Morgan fingerprint density at radius 3 is 2.75 bits per heavy atom. The summed E-state index contributed by atoms with van der Waals surface area (Å²) in [6.45, 7) is 9.36. The van der Waals surface area contributed by atoms with Crippen LogP contribution in [0.2, 0.25) is 0 Å². The number of rotatable bonds is 6. The molecular formula is C14H29NO.